The quantitative estimate of drug-likeness (QED) is 0.152. The molecule has 0 aliphatic heterocycles. The number of pyridine rings is 1. The van der Waals surface area contributed by atoms with Crippen LogP contribution in [0.15, 0.2) is 134 Å². The number of rotatable bonds is 5. The van der Waals surface area contributed by atoms with Crippen LogP contribution in [0.1, 0.15) is 5.56 Å². The molecular formula is C31H25F3NO3PS. The molecule has 5 rings (SSSR count). The Labute approximate surface area is 232 Å². The maximum absolute atomic E-state index is 10.7. The lowest BCUT2D eigenvalue weighted by atomic mass is 10.1. The first-order valence-corrected chi connectivity index (χ1v) is 15.3. The summed E-state index contributed by atoms with van der Waals surface area (Å²) in [4.78, 5) is 4.75. The van der Waals surface area contributed by atoms with Crippen molar-refractivity contribution in [2.45, 2.75) is 12.4 Å². The lowest BCUT2D eigenvalue weighted by Crippen LogP contribution is -2.38. The highest BCUT2D eigenvalue weighted by molar-refractivity contribution is 8.01. The number of alkyl halides is 3. The molecule has 0 fully saturated rings. The van der Waals surface area contributed by atoms with Gasteiger partial charge in [0, 0.05) is 17.8 Å². The van der Waals surface area contributed by atoms with Gasteiger partial charge in [0.1, 0.15) is 28.5 Å². The van der Waals surface area contributed by atoms with Crippen molar-refractivity contribution in [1.82, 2.24) is 4.98 Å². The maximum Gasteiger partial charge on any atom is 0.485 e. The number of benzene rings is 4. The molecular weight excluding hydrogens is 554 g/mol. The normalized spacial score (nSPS) is 11.8. The van der Waals surface area contributed by atoms with E-state index < -0.39 is 22.9 Å². The highest BCUT2D eigenvalue weighted by Gasteiger charge is 2.48. The number of nitrogens with zero attached hydrogens (tertiary/aromatic N) is 1. The summed E-state index contributed by atoms with van der Waals surface area (Å²) in [5.74, 6) is 0. The summed E-state index contributed by atoms with van der Waals surface area (Å²) in [6.07, 6.45) is 1.97. The van der Waals surface area contributed by atoms with E-state index in [4.69, 9.17) is 18.0 Å². The predicted octanol–water partition coefficient (Wildman–Crippen LogP) is 5.73. The molecule has 4 aromatic carbocycles. The molecule has 0 spiro atoms. The minimum absolute atomic E-state index is 1.01. The van der Waals surface area contributed by atoms with E-state index in [0.717, 1.165) is 11.3 Å². The van der Waals surface area contributed by atoms with Gasteiger partial charge in [-0.15, -0.1) is 0 Å². The average Bonchev–Trinajstić information content (AvgIpc) is 2.95. The van der Waals surface area contributed by atoms with Gasteiger partial charge in [-0.25, -0.2) is 8.42 Å². The Morgan fingerprint density at radius 2 is 1.05 bits per heavy atom. The first-order chi connectivity index (χ1) is 19.0. The van der Waals surface area contributed by atoms with Gasteiger partial charge >= 0.3 is 5.51 Å². The molecule has 4 nitrogen and oxygen atoms in total. The van der Waals surface area contributed by atoms with Crippen LogP contribution in [0.5, 0.6) is 0 Å². The Hall–Kier alpha value is -3.84. The third-order valence-corrected chi connectivity index (χ3v) is 11.0. The summed E-state index contributed by atoms with van der Waals surface area (Å²) >= 11 is 0. The fourth-order valence-corrected chi connectivity index (χ4v) is 8.61. The molecule has 0 bridgehead atoms. The molecule has 0 aliphatic carbocycles. The highest BCUT2D eigenvalue weighted by atomic mass is 32.2. The van der Waals surface area contributed by atoms with E-state index >= 15 is 0 Å². The van der Waals surface area contributed by atoms with Crippen molar-refractivity contribution in [2.75, 3.05) is 0 Å². The lowest BCUT2D eigenvalue weighted by Gasteiger charge is -2.27. The van der Waals surface area contributed by atoms with Gasteiger partial charge in [-0.1, -0.05) is 84.4 Å². The Morgan fingerprint density at radius 1 is 0.650 bits per heavy atom. The summed E-state index contributed by atoms with van der Waals surface area (Å²) in [6.45, 7) is 2.12. The number of hydrogen-bond donors (Lipinski definition) is 0. The Bertz CT molecular complexity index is 1550. The summed E-state index contributed by atoms with van der Waals surface area (Å²) in [6, 6.07) is 46.0. The van der Waals surface area contributed by atoms with Crippen molar-refractivity contribution >= 4 is 38.6 Å². The average molecular weight is 580 g/mol. The van der Waals surface area contributed by atoms with E-state index in [9.17, 15) is 13.2 Å². The minimum Gasteiger partial charge on any atom is -0.741 e. The SMILES string of the molecule is Cc1ccc(-c2cc([P+](c3ccccc3)(c3ccccc3)c3ccccc3)ccn2)cc1.O=S(=O)([O-])C(F)(F)F. The smallest absolute Gasteiger partial charge is 0.485 e. The van der Waals surface area contributed by atoms with Crippen molar-refractivity contribution in [2.24, 2.45) is 0 Å². The van der Waals surface area contributed by atoms with Crippen LogP contribution in [0.2, 0.25) is 0 Å². The van der Waals surface area contributed by atoms with Crippen LogP contribution in [0.3, 0.4) is 0 Å². The molecule has 40 heavy (non-hydrogen) atoms. The first-order valence-electron chi connectivity index (χ1n) is 12.2. The first kappa shape index (κ1) is 29.2. The van der Waals surface area contributed by atoms with E-state index in [-0.39, 0.29) is 0 Å². The Morgan fingerprint density at radius 3 is 1.43 bits per heavy atom. The summed E-state index contributed by atoms with van der Waals surface area (Å²) < 4.78 is 58.9. The third kappa shape index (κ3) is 6.31. The molecule has 5 aromatic rings. The number of aromatic nitrogens is 1. The van der Waals surface area contributed by atoms with E-state index in [0.29, 0.717) is 0 Å². The van der Waals surface area contributed by atoms with Gasteiger partial charge in [0.2, 0.25) is 0 Å². The molecule has 0 unspecified atom stereocenters. The zero-order valence-electron chi connectivity index (χ0n) is 21.4. The molecule has 0 atom stereocenters. The van der Waals surface area contributed by atoms with Crippen molar-refractivity contribution in [3.05, 3.63) is 139 Å². The maximum atomic E-state index is 10.7. The zero-order valence-corrected chi connectivity index (χ0v) is 23.1. The molecule has 204 valence electrons. The van der Waals surface area contributed by atoms with Crippen LogP contribution in [0, 0.1) is 6.92 Å². The monoisotopic (exact) mass is 579 g/mol. The molecule has 9 heteroatoms. The van der Waals surface area contributed by atoms with Crippen LogP contribution >= 0.6 is 7.26 Å². The second-order valence-electron chi connectivity index (χ2n) is 8.84. The Kier molecular flexibility index (Phi) is 8.84. The molecule has 0 saturated heterocycles. The highest BCUT2D eigenvalue weighted by Crippen LogP contribution is 2.54. The van der Waals surface area contributed by atoms with E-state index in [1.54, 1.807) is 0 Å². The second kappa shape index (κ2) is 12.1. The fourth-order valence-electron chi connectivity index (χ4n) is 4.36. The van der Waals surface area contributed by atoms with Crippen LogP contribution in [0.25, 0.3) is 11.3 Å². The van der Waals surface area contributed by atoms with Gasteiger partial charge in [-0.3, -0.25) is 4.98 Å². The third-order valence-electron chi connectivity index (χ3n) is 6.19. The summed E-state index contributed by atoms with van der Waals surface area (Å²) in [5.41, 5.74) is -2.24. The topological polar surface area (TPSA) is 70.1 Å². The Balaban J connectivity index is 0.000000406. The fraction of sp³-hybridized carbons (Fsp3) is 0.0645. The van der Waals surface area contributed by atoms with E-state index in [1.165, 1.54) is 26.8 Å². The van der Waals surface area contributed by atoms with Crippen LogP contribution in [-0.4, -0.2) is 23.5 Å². The predicted molar refractivity (Wildman–Crippen MR) is 155 cm³/mol. The molecule has 0 amide bonds. The van der Waals surface area contributed by atoms with Crippen molar-refractivity contribution in [3.63, 3.8) is 0 Å². The van der Waals surface area contributed by atoms with E-state index in [2.05, 4.69) is 134 Å². The van der Waals surface area contributed by atoms with Crippen LogP contribution in [0.4, 0.5) is 13.2 Å². The standard InChI is InChI=1S/C30H25NP.CHF3O3S/c1-24-17-19-25(20-18-24)30-23-29(21-22-31-30)32(26-11-5-2-6-12-26,27-13-7-3-8-14-27)28-15-9-4-10-16-28;2-1(3,4)8(5,6)7/h2-23H,1H3;(H,5,6,7)/q+1;/p-1. The van der Waals surface area contributed by atoms with Gasteiger partial charge in [-0.05, 0) is 49.4 Å². The van der Waals surface area contributed by atoms with Crippen molar-refractivity contribution in [3.8, 4) is 11.3 Å². The largest absolute Gasteiger partial charge is 0.741 e. The van der Waals surface area contributed by atoms with Crippen LogP contribution in [-0.2, 0) is 10.1 Å². The summed E-state index contributed by atoms with van der Waals surface area (Å²) in [7, 11) is -8.19. The van der Waals surface area contributed by atoms with Crippen molar-refractivity contribution < 1.29 is 26.1 Å². The summed E-state index contributed by atoms with van der Waals surface area (Å²) in [5, 5.41) is 5.35. The van der Waals surface area contributed by atoms with Gasteiger partial charge in [-0.2, -0.15) is 13.2 Å². The van der Waals surface area contributed by atoms with Gasteiger partial charge in [0.05, 0.1) is 5.69 Å². The number of aryl methyl sites for hydroxylation is 1. The van der Waals surface area contributed by atoms with Crippen LogP contribution < -0.4 is 21.2 Å². The molecule has 1 aromatic heterocycles. The van der Waals surface area contributed by atoms with Gasteiger partial charge < -0.3 is 4.55 Å². The molecule has 0 N–H and O–H groups in total. The zero-order chi connectivity index (χ0) is 28.8. The molecule has 0 saturated carbocycles. The minimum atomic E-state index is -6.09. The van der Waals surface area contributed by atoms with Gasteiger partial charge in [0.25, 0.3) is 0 Å². The van der Waals surface area contributed by atoms with Gasteiger partial charge in [0.15, 0.2) is 10.1 Å². The number of hydrogen-bond acceptors (Lipinski definition) is 4. The van der Waals surface area contributed by atoms with Crippen molar-refractivity contribution in [1.29, 1.82) is 0 Å². The number of halogens is 3. The molecule has 0 radical (unpaired) electrons. The lowest BCUT2D eigenvalue weighted by molar-refractivity contribution is -0.0517. The molecule has 0 aliphatic rings. The molecule has 1 heterocycles. The second-order valence-corrected chi connectivity index (χ2v) is 13.6. The van der Waals surface area contributed by atoms with E-state index in [1.807, 2.05) is 6.20 Å².